The van der Waals surface area contributed by atoms with E-state index < -0.39 is 0 Å². The molecule has 3 aromatic heterocycles. The van der Waals surface area contributed by atoms with Crippen LogP contribution in [0.1, 0.15) is 26.3 Å². The zero-order valence-electron chi connectivity index (χ0n) is 24.8. The summed E-state index contributed by atoms with van der Waals surface area (Å²) >= 11 is 3.47. The van der Waals surface area contributed by atoms with Gasteiger partial charge < -0.3 is 14.5 Å². The molecule has 0 N–H and O–H groups in total. The molecule has 0 saturated heterocycles. The van der Waals surface area contributed by atoms with Crippen molar-refractivity contribution in [1.82, 2.24) is 4.98 Å². The Morgan fingerprint density at radius 3 is 2.36 bits per heavy atom. The quantitative estimate of drug-likeness (QED) is 0.194. The summed E-state index contributed by atoms with van der Waals surface area (Å²) in [5.41, 5.74) is 5.73. The highest BCUT2D eigenvalue weighted by molar-refractivity contribution is 7.21. The van der Waals surface area contributed by atoms with Crippen molar-refractivity contribution in [2.45, 2.75) is 26.2 Å². The molecule has 0 spiro atoms. The van der Waals surface area contributed by atoms with Crippen LogP contribution in [0.2, 0.25) is 0 Å². The van der Waals surface area contributed by atoms with E-state index in [1.54, 1.807) is 22.7 Å². The third-order valence-corrected chi connectivity index (χ3v) is 10.1. The van der Waals surface area contributed by atoms with Crippen LogP contribution < -0.4 is 14.5 Å². The highest BCUT2D eigenvalue weighted by atomic mass is 32.1. The van der Waals surface area contributed by atoms with E-state index in [1.165, 1.54) is 47.8 Å². The van der Waals surface area contributed by atoms with Gasteiger partial charge in [0.15, 0.2) is 5.06 Å². The topological polar surface area (TPSA) is 28.6 Å². The average molecular weight is 610 g/mol. The molecular weight excluding hydrogens is 579 g/mol. The van der Waals surface area contributed by atoms with E-state index in [0.717, 1.165) is 28.9 Å². The fourth-order valence-corrected chi connectivity index (χ4v) is 7.72. The Bertz CT molecular complexity index is 2190. The lowest BCUT2D eigenvalue weighted by Gasteiger charge is -2.21. The fourth-order valence-electron chi connectivity index (χ4n) is 5.91. The molecule has 0 saturated carbocycles. The number of nitrogens with zero attached hydrogens (tertiary/aromatic N) is 3. The lowest BCUT2D eigenvalue weighted by molar-refractivity contribution is 0.497. The van der Waals surface area contributed by atoms with E-state index in [9.17, 15) is 0 Å². The first-order chi connectivity index (χ1) is 21.4. The van der Waals surface area contributed by atoms with E-state index in [4.69, 9.17) is 9.72 Å². The zero-order valence-corrected chi connectivity index (χ0v) is 26.5. The lowest BCUT2D eigenvalue weighted by Crippen LogP contribution is -2.24. The van der Waals surface area contributed by atoms with Crippen molar-refractivity contribution in [2.75, 3.05) is 16.5 Å². The highest BCUT2D eigenvalue weighted by Gasteiger charge is 2.20. The second kappa shape index (κ2) is 10.5. The summed E-state index contributed by atoms with van der Waals surface area (Å²) in [5.74, 6) is 0.820. The van der Waals surface area contributed by atoms with Gasteiger partial charge in [-0.25, -0.2) is 0 Å². The normalized spacial score (nSPS) is 13.5. The molecule has 7 aromatic rings. The van der Waals surface area contributed by atoms with Crippen molar-refractivity contribution in [2.24, 2.45) is 0 Å². The van der Waals surface area contributed by atoms with Crippen molar-refractivity contribution in [3.8, 4) is 22.1 Å². The number of thiophene rings is 2. The SMILES string of the molecule is CC(C)(C)c1ccnc(-c2c3cc4ccsc4cc3cc3sc(Oc4cccc(N5C=CN(c6ccccc6)C5)c4)cc23)c1. The number of pyridine rings is 1. The lowest BCUT2D eigenvalue weighted by atomic mass is 9.86. The number of benzene rings is 4. The van der Waals surface area contributed by atoms with Gasteiger partial charge in [-0.15, -0.1) is 11.3 Å². The van der Waals surface area contributed by atoms with Crippen molar-refractivity contribution in [3.63, 3.8) is 0 Å². The van der Waals surface area contributed by atoms with Crippen molar-refractivity contribution >= 4 is 65.0 Å². The van der Waals surface area contributed by atoms with E-state index in [0.29, 0.717) is 0 Å². The number of anilines is 2. The molecule has 0 unspecified atom stereocenters. The molecule has 1 aliphatic rings. The van der Waals surface area contributed by atoms with Crippen LogP contribution in [0, 0.1) is 0 Å². The smallest absolute Gasteiger partial charge is 0.182 e. The number of hydrogen-bond acceptors (Lipinski definition) is 6. The molecule has 0 fully saturated rings. The molecule has 0 bridgehead atoms. The van der Waals surface area contributed by atoms with Crippen molar-refractivity contribution < 1.29 is 4.74 Å². The third kappa shape index (κ3) is 4.90. The molecule has 0 aliphatic carbocycles. The number of aromatic nitrogens is 1. The summed E-state index contributed by atoms with van der Waals surface area (Å²) in [6, 6.07) is 34.5. The van der Waals surface area contributed by atoms with Gasteiger partial charge in [-0.3, -0.25) is 4.98 Å². The van der Waals surface area contributed by atoms with Gasteiger partial charge in [0.2, 0.25) is 0 Å². The molecule has 4 nitrogen and oxygen atoms in total. The predicted octanol–water partition coefficient (Wildman–Crippen LogP) is 11.2. The van der Waals surface area contributed by atoms with Gasteiger partial charge >= 0.3 is 0 Å². The second-order valence-corrected chi connectivity index (χ2v) is 14.2. The minimum absolute atomic E-state index is 0.0264. The van der Waals surface area contributed by atoms with Crippen LogP contribution in [-0.4, -0.2) is 11.7 Å². The van der Waals surface area contributed by atoms with E-state index in [2.05, 4.69) is 133 Å². The molecule has 0 radical (unpaired) electrons. The Morgan fingerprint density at radius 1 is 0.727 bits per heavy atom. The zero-order chi connectivity index (χ0) is 29.8. The molecule has 0 amide bonds. The van der Waals surface area contributed by atoms with Crippen LogP contribution in [0.5, 0.6) is 10.8 Å². The first-order valence-corrected chi connectivity index (χ1v) is 16.5. The second-order valence-electron chi connectivity index (χ2n) is 12.3. The minimum Gasteiger partial charge on any atom is -0.447 e. The maximum atomic E-state index is 6.57. The average Bonchev–Trinajstić information content (AvgIpc) is 3.79. The summed E-state index contributed by atoms with van der Waals surface area (Å²) < 4.78 is 9.06. The largest absolute Gasteiger partial charge is 0.447 e. The van der Waals surface area contributed by atoms with E-state index in [-0.39, 0.29) is 5.41 Å². The monoisotopic (exact) mass is 609 g/mol. The van der Waals surface area contributed by atoms with Gasteiger partial charge in [0, 0.05) is 62.5 Å². The third-order valence-electron chi connectivity index (χ3n) is 8.26. The number of fused-ring (bicyclic) bond motifs is 3. The Labute approximate surface area is 265 Å². The van der Waals surface area contributed by atoms with Crippen LogP contribution in [0.4, 0.5) is 11.4 Å². The first kappa shape index (κ1) is 26.9. The Morgan fingerprint density at radius 2 is 1.52 bits per heavy atom. The van der Waals surface area contributed by atoms with Gasteiger partial charge in [-0.05, 0) is 93.2 Å². The summed E-state index contributed by atoms with van der Waals surface area (Å²) in [4.78, 5) is 9.38. The highest BCUT2D eigenvalue weighted by Crippen LogP contribution is 2.45. The molecule has 216 valence electrons. The molecule has 4 aromatic carbocycles. The van der Waals surface area contributed by atoms with Gasteiger partial charge in [0.25, 0.3) is 0 Å². The summed E-state index contributed by atoms with van der Waals surface area (Å²) in [5, 5.41) is 7.91. The van der Waals surface area contributed by atoms with Gasteiger partial charge in [-0.1, -0.05) is 56.4 Å². The molecule has 4 heterocycles. The molecule has 1 aliphatic heterocycles. The standard InChI is InChI=1S/C38H31N3OS2/c1-38(2,3)27-12-14-39-33(21-27)37-31-18-25-13-17-43-34(25)19-26(31)20-35-32(37)23-36(44-35)42-30-11-7-10-29(22-30)41-16-15-40(24-41)28-8-5-4-6-9-28/h4-23H,24H2,1-3H3. The molecule has 0 atom stereocenters. The molecule has 44 heavy (non-hydrogen) atoms. The minimum atomic E-state index is 0.0264. The van der Waals surface area contributed by atoms with Crippen LogP contribution in [-0.2, 0) is 5.41 Å². The Balaban J connectivity index is 1.18. The summed E-state index contributed by atoms with van der Waals surface area (Å²) in [6.45, 7) is 7.51. The Kier molecular flexibility index (Phi) is 6.43. The van der Waals surface area contributed by atoms with E-state index >= 15 is 0 Å². The molecular formula is C38H31N3OS2. The number of hydrogen-bond donors (Lipinski definition) is 0. The van der Waals surface area contributed by atoms with Crippen molar-refractivity contribution in [1.29, 1.82) is 0 Å². The predicted molar refractivity (Wildman–Crippen MR) is 189 cm³/mol. The Hall–Kier alpha value is -4.65. The molecule has 8 rings (SSSR count). The summed E-state index contributed by atoms with van der Waals surface area (Å²) in [6.07, 6.45) is 6.19. The van der Waals surface area contributed by atoms with Gasteiger partial charge in [0.05, 0.1) is 12.4 Å². The number of rotatable bonds is 5. The number of para-hydroxylation sites is 1. The fraction of sp³-hybridized carbons (Fsp3) is 0.132. The maximum Gasteiger partial charge on any atom is 0.182 e. The van der Waals surface area contributed by atoms with Crippen LogP contribution >= 0.6 is 22.7 Å². The van der Waals surface area contributed by atoms with Gasteiger partial charge in [-0.2, -0.15) is 0 Å². The molecule has 6 heteroatoms. The van der Waals surface area contributed by atoms with Gasteiger partial charge in [0.1, 0.15) is 5.75 Å². The first-order valence-electron chi connectivity index (χ1n) is 14.8. The van der Waals surface area contributed by atoms with Crippen LogP contribution in [0.3, 0.4) is 0 Å². The number of ether oxygens (including phenoxy) is 1. The van der Waals surface area contributed by atoms with Crippen LogP contribution in [0.15, 0.2) is 121 Å². The van der Waals surface area contributed by atoms with Crippen LogP contribution in [0.25, 0.3) is 42.2 Å². The van der Waals surface area contributed by atoms with Crippen molar-refractivity contribution in [3.05, 3.63) is 127 Å². The maximum absolute atomic E-state index is 6.57. The summed E-state index contributed by atoms with van der Waals surface area (Å²) in [7, 11) is 0. The van der Waals surface area contributed by atoms with E-state index in [1.807, 2.05) is 18.3 Å².